The van der Waals surface area contributed by atoms with Crippen LogP contribution in [0.5, 0.6) is 0 Å². The van der Waals surface area contributed by atoms with Crippen molar-refractivity contribution in [2.75, 3.05) is 5.73 Å². The summed E-state index contributed by atoms with van der Waals surface area (Å²) in [6.07, 6.45) is 0. The molecule has 0 fully saturated rings. The van der Waals surface area contributed by atoms with Crippen molar-refractivity contribution in [1.82, 2.24) is 0 Å². The fourth-order valence-electron chi connectivity index (χ4n) is 1.57. The number of nitrogens with zero attached hydrogens (tertiary/aromatic N) is 2. The van der Waals surface area contributed by atoms with Gasteiger partial charge in [0.2, 0.25) is 0 Å². The molecular weight excluding hydrogens is 262 g/mol. The maximum atomic E-state index is 10.9. The lowest BCUT2D eigenvalue weighted by molar-refractivity contribution is -0.385. The first-order valence-electron chi connectivity index (χ1n) is 5.32. The largest absolute Gasteiger partial charge is 0.399 e. The van der Waals surface area contributed by atoms with Crippen LogP contribution < -0.4 is 5.73 Å². The Morgan fingerprint density at radius 1 is 1.26 bits per heavy atom. The summed E-state index contributed by atoms with van der Waals surface area (Å²) in [5, 5.41) is 20.0. The first-order chi connectivity index (χ1) is 9.11. The molecule has 0 saturated heterocycles. The number of nitrogen functional groups attached to an aromatic ring is 1. The molecule has 2 aromatic rings. The summed E-state index contributed by atoms with van der Waals surface area (Å²) in [7, 11) is 0. The van der Waals surface area contributed by atoms with E-state index in [9.17, 15) is 10.1 Å². The van der Waals surface area contributed by atoms with Crippen molar-refractivity contribution in [2.24, 2.45) is 0 Å². The third kappa shape index (κ3) is 2.84. The van der Waals surface area contributed by atoms with E-state index in [2.05, 4.69) is 0 Å². The smallest absolute Gasteiger partial charge is 0.288 e. The number of nitrogens with two attached hydrogens (primary N) is 1. The van der Waals surface area contributed by atoms with Crippen molar-refractivity contribution in [3.8, 4) is 6.07 Å². The number of anilines is 1. The molecule has 19 heavy (non-hydrogen) atoms. The highest BCUT2D eigenvalue weighted by atomic mass is 32.2. The maximum Gasteiger partial charge on any atom is 0.288 e. The average molecular weight is 271 g/mol. The SMILES string of the molecule is N#Cc1c(Sc2cccc(N)c2)cccc1[N+](=O)[O-]. The van der Waals surface area contributed by atoms with Crippen LogP contribution in [0.2, 0.25) is 0 Å². The summed E-state index contributed by atoms with van der Waals surface area (Å²) in [6, 6.07) is 13.6. The van der Waals surface area contributed by atoms with Crippen LogP contribution >= 0.6 is 11.8 Å². The summed E-state index contributed by atoms with van der Waals surface area (Å²) in [5.74, 6) is 0. The number of hydrogen-bond acceptors (Lipinski definition) is 5. The first-order valence-corrected chi connectivity index (χ1v) is 6.14. The molecule has 5 nitrogen and oxygen atoms in total. The Morgan fingerprint density at radius 3 is 2.63 bits per heavy atom. The van der Waals surface area contributed by atoms with Crippen molar-refractivity contribution in [3.05, 3.63) is 58.1 Å². The van der Waals surface area contributed by atoms with E-state index in [4.69, 9.17) is 11.0 Å². The van der Waals surface area contributed by atoms with Crippen molar-refractivity contribution in [1.29, 1.82) is 5.26 Å². The highest BCUT2D eigenvalue weighted by Gasteiger charge is 2.17. The lowest BCUT2D eigenvalue weighted by atomic mass is 10.2. The molecule has 0 aromatic heterocycles. The molecule has 0 aliphatic carbocycles. The number of rotatable bonds is 3. The standard InChI is InChI=1S/C13H9N3O2S/c14-8-11-12(16(17)18)5-2-6-13(11)19-10-4-1-3-9(15)7-10/h1-7H,15H2. The third-order valence-electron chi connectivity index (χ3n) is 2.40. The molecule has 0 saturated carbocycles. The van der Waals surface area contributed by atoms with Crippen LogP contribution in [-0.2, 0) is 0 Å². The maximum absolute atomic E-state index is 10.9. The Hall–Kier alpha value is -2.52. The minimum absolute atomic E-state index is 0.0694. The van der Waals surface area contributed by atoms with Gasteiger partial charge in [-0.1, -0.05) is 23.9 Å². The third-order valence-corrected chi connectivity index (χ3v) is 3.45. The van der Waals surface area contributed by atoms with Gasteiger partial charge in [-0.15, -0.1) is 0 Å². The highest BCUT2D eigenvalue weighted by molar-refractivity contribution is 7.99. The van der Waals surface area contributed by atoms with E-state index in [1.54, 1.807) is 30.3 Å². The van der Waals surface area contributed by atoms with E-state index in [-0.39, 0.29) is 11.3 Å². The quantitative estimate of drug-likeness (QED) is 0.525. The zero-order valence-electron chi connectivity index (χ0n) is 9.74. The second-order valence-corrected chi connectivity index (χ2v) is 4.81. The molecule has 0 heterocycles. The fraction of sp³-hybridized carbons (Fsp3) is 0. The topological polar surface area (TPSA) is 93.0 Å². The Morgan fingerprint density at radius 2 is 2.00 bits per heavy atom. The summed E-state index contributed by atoms with van der Waals surface area (Å²) >= 11 is 1.28. The van der Waals surface area contributed by atoms with Gasteiger partial charge in [0, 0.05) is 21.5 Å². The zero-order chi connectivity index (χ0) is 13.8. The molecule has 0 spiro atoms. The Bertz CT molecular complexity index is 680. The van der Waals surface area contributed by atoms with Gasteiger partial charge in [-0.2, -0.15) is 5.26 Å². The molecule has 0 bridgehead atoms. The summed E-state index contributed by atoms with van der Waals surface area (Å²) in [6.45, 7) is 0. The van der Waals surface area contributed by atoms with E-state index in [0.717, 1.165) is 4.90 Å². The van der Waals surface area contributed by atoms with Crippen LogP contribution in [0.4, 0.5) is 11.4 Å². The second kappa shape index (κ2) is 5.42. The first kappa shape index (κ1) is 12.9. The molecular formula is C13H9N3O2S. The molecule has 0 aliphatic heterocycles. The second-order valence-electron chi connectivity index (χ2n) is 3.69. The minimum Gasteiger partial charge on any atom is -0.399 e. The summed E-state index contributed by atoms with van der Waals surface area (Å²) in [5.41, 5.74) is 6.17. The Balaban J connectivity index is 2.44. The predicted molar refractivity (Wildman–Crippen MR) is 72.8 cm³/mol. The Labute approximate surface area is 113 Å². The normalized spacial score (nSPS) is 9.84. The van der Waals surface area contributed by atoms with Gasteiger partial charge in [-0.3, -0.25) is 10.1 Å². The predicted octanol–water partition coefficient (Wildman–Crippen LogP) is 3.20. The van der Waals surface area contributed by atoms with Gasteiger partial charge in [0.25, 0.3) is 5.69 Å². The van der Waals surface area contributed by atoms with E-state index in [1.165, 1.54) is 17.8 Å². The molecule has 2 aromatic carbocycles. The Kier molecular flexibility index (Phi) is 3.68. The summed E-state index contributed by atoms with van der Waals surface area (Å²) in [4.78, 5) is 11.7. The van der Waals surface area contributed by atoms with Gasteiger partial charge in [0.1, 0.15) is 11.6 Å². The van der Waals surface area contributed by atoms with Gasteiger partial charge >= 0.3 is 0 Å². The lowest BCUT2D eigenvalue weighted by Crippen LogP contribution is -1.93. The fourth-order valence-corrected chi connectivity index (χ4v) is 2.57. The van der Waals surface area contributed by atoms with Gasteiger partial charge in [0.15, 0.2) is 0 Å². The van der Waals surface area contributed by atoms with E-state index in [0.29, 0.717) is 10.6 Å². The average Bonchev–Trinajstić information content (AvgIpc) is 2.38. The molecule has 94 valence electrons. The van der Waals surface area contributed by atoms with E-state index in [1.807, 2.05) is 12.1 Å². The van der Waals surface area contributed by atoms with Crippen LogP contribution in [0.25, 0.3) is 0 Å². The molecule has 2 rings (SSSR count). The van der Waals surface area contributed by atoms with Crippen molar-refractivity contribution >= 4 is 23.1 Å². The van der Waals surface area contributed by atoms with Gasteiger partial charge in [-0.05, 0) is 24.3 Å². The molecule has 0 aliphatic rings. The molecule has 0 atom stereocenters. The van der Waals surface area contributed by atoms with E-state index >= 15 is 0 Å². The number of nitro benzene ring substituents is 1. The number of benzene rings is 2. The molecule has 2 N–H and O–H groups in total. The number of hydrogen-bond donors (Lipinski definition) is 1. The van der Waals surface area contributed by atoms with Crippen LogP contribution in [0, 0.1) is 21.4 Å². The number of nitro groups is 1. The monoisotopic (exact) mass is 271 g/mol. The minimum atomic E-state index is -0.554. The lowest BCUT2D eigenvalue weighted by Gasteiger charge is -2.05. The van der Waals surface area contributed by atoms with Crippen LogP contribution in [0.1, 0.15) is 5.56 Å². The van der Waals surface area contributed by atoms with Crippen molar-refractivity contribution < 1.29 is 4.92 Å². The number of nitriles is 1. The molecule has 0 unspecified atom stereocenters. The van der Waals surface area contributed by atoms with Gasteiger partial charge in [0.05, 0.1) is 4.92 Å². The zero-order valence-corrected chi connectivity index (χ0v) is 10.6. The van der Waals surface area contributed by atoms with Gasteiger partial charge in [-0.25, -0.2) is 0 Å². The molecule has 6 heteroatoms. The van der Waals surface area contributed by atoms with Crippen LogP contribution in [-0.4, -0.2) is 4.92 Å². The van der Waals surface area contributed by atoms with Crippen LogP contribution in [0.3, 0.4) is 0 Å². The molecule has 0 amide bonds. The molecule has 0 radical (unpaired) electrons. The van der Waals surface area contributed by atoms with Crippen LogP contribution in [0.15, 0.2) is 52.3 Å². The summed E-state index contributed by atoms with van der Waals surface area (Å²) < 4.78 is 0. The van der Waals surface area contributed by atoms with Crippen molar-refractivity contribution in [3.63, 3.8) is 0 Å². The van der Waals surface area contributed by atoms with Crippen molar-refractivity contribution in [2.45, 2.75) is 9.79 Å². The van der Waals surface area contributed by atoms with Gasteiger partial charge < -0.3 is 5.73 Å². The highest BCUT2D eigenvalue weighted by Crippen LogP contribution is 2.34. The van der Waals surface area contributed by atoms with E-state index < -0.39 is 4.92 Å².